The number of nitrogens with one attached hydrogen (secondary N) is 1. The maximum absolute atomic E-state index is 13.2. The molecule has 2 aromatic heterocycles. The van der Waals surface area contributed by atoms with E-state index in [1.807, 2.05) is 24.3 Å². The lowest BCUT2D eigenvalue weighted by Crippen LogP contribution is -2.19. The summed E-state index contributed by atoms with van der Waals surface area (Å²) in [5.74, 6) is -0.0389. The molecule has 0 aliphatic carbocycles. The Morgan fingerprint density at radius 3 is 2.53 bits per heavy atom. The van der Waals surface area contributed by atoms with Gasteiger partial charge in [-0.05, 0) is 36.4 Å². The number of rotatable bonds is 3. The van der Waals surface area contributed by atoms with E-state index in [1.54, 1.807) is 48.5 Å². The highest BCUT2D eigenvalue weighted by atomic mass is 35.5. The van der Waals surface area contributed by atoms with Gasteiger partial charge in [0.15, 0.2) is 5.69 Å². The van der Waals surface area contributed by atoms with Gasteiger partial charge < -0.3 is 10.1 Å². The van der Waals surface area contributed by atoms with Crippen molar-refractivity contribution >= 4 is 45.0 Å². The fourth-order valence-electron chi connectivity index (χ4n) is 3.34. The van der Waals surface area contributed by atoms with Crippen LogP contribution >= 0.6 is 11.6 Å². The van der Waals surface area contributed by atoms with E-state index in [4.69, 9.17) is 11.6 Å². The van der Waals surface area contributed by atoms with Crippen molar-refractivity contribution in [3.05, 3.63) is 88.2 Å². The van der Waals surface area contributed by atoms with Gasteiger partial charge in [0.1, 0.15) is 0 Å². The smallest absolute Gasteiger partial charge is 0.267 e. The van der Waals surface area contributed by atoms with Crippen molar-refractivity contribution < 1.29 is 5.11 Å². The number of benzene rings is 3. The molecule has 0 atom stereocenters. The van der Waals surface area contributed by atoms with E-state index in [-0.39, 0.29) is 23.1 Å². The molecule has 2 heterocycles. The molecule has 0 aliphatic rings. The van der Waals surface area contributed by atoms with Gasteiger partial charge >= 0.3 is 0 Å². The van der Waals surface area contributed by atoms with Gasteiger partial charge in [0, 0.05) is 10.4 Å². The Bertz CT molecular complexity index is 1500. The number of hydrogen-bond donors (Lipinski definition) is 2. The number of fused-ring (bicyclic) bond motifs is 2. The molecule has 0 fully saturated rings. The number of aromatic amines is 1. The van der Waals surface area contributed by atoms with Crippen LogP contribution in [-0.2, 0) is 0 Å². The normalized spacial score (nSPS) is 11.6. The molecule has 0 unspecified atom stereocenters. The third-order valence-electron chi connectivity index (χ3n) is 4.72. The molecule has 8 heteroatoms. The summed E-state index contributed by atoms with van der Waals surface area (Å²) in [6.45, 7) is 0. The van der Waals surface area contributed by atoms with E-state index in [1.165, 1.54) is 4.57 Å². The zero-order valence-corrected chi connectivity index (χ0v) is 16.2. The van der Waals surface area contributed by atoms with Crippen LogP contribution in [0.3, 0.4) is 0 Å². The Morgan fingerprint density at radius 1 is 0.933 bits per heavy atom. The van der Waals surface area contributed by atoms with Gasteiger partial charge in [-0.1, -0.05) is 48.0 Å². The molecular formula is C22H14ClN5O2. The number of aromatic nitrogens is 3. The molecule has 5 aromatic rings. The lowest BCUT2D eigenvalue weighted by molar-refractivity contribution is 0.459. The van der Waals surface area contributed by atoms with Crippen molar-refractivity contribution in [3.8, 4) is 11.6 Å². The monoisotopic (exact) mass is 415 g/mol. The molecule has 0 aliphatic heterocycles. The molecule has 0 bridgehead atoms. The molecule has 146 valence electrons. The van der Waals surface area contributed by atoms with Crippen LogP contribution in [0.25, 0.3) is 27.5 Å². The van der Waals surface area contributed by atoms with Gasteiger partial charge in [-0.2, -0.15) is 0 Å². The number of azo groups is 1. The lowest BCUT2D eigenvalue weighted by atomic mass is 10.2. The van der Waals surface area contributed by atoms with Gasteiger partial charge in [-0.3, -0.25) is 4.79 Å². The van der Waals surface area contributed by atoms with Crippen LogP contribution in [0.1, 0.15) is 0 Å². The van der Waals surface area contributed by atoms with Gasteiger partial charge in [-0.25, -0.2) is 9.55 Å². The standard InChI is InChI=1S/C22H14ClN5O2/c23-13-6-5-7-14(12-13)28-21(30)16-9-2-4-11-18(16)25-22(28)27-26-19-15-8-1-3-10-17(15)24-20(19)29/h1-12,24,29H. The molecule has 0 amide bonds. The molecule has 7 nitrogen and oxygen atoms in total. The fraction of sp³-hybridized carbons (Fsp3) is 0. The van der Waals surface area contributed by atoms with Crippen LogP contribution in [0.2, 0.25) is 5.02 Å². The molecule has 3 aromatic carbocycles. The van der Waals surface area contributed by atoms with Crippen molar-refractivity contribution in [2.24, 2.45) is 10.2 Å². The third kappa shape index (κ3) is 3.01. The first-order valence-corrected chi connectivity index (χ1v) is 9.49. The Morgan fingerprint density at radius 2 is 1.70 bits per heavy atom. The van der Waals surface area contributed by atoms with Crippen LogP contribution in [0.5, 0.6) is 5.88 Å². The first-order chi connectivity index (χ1) is 14.6. The molecule has 0 saturated carbocycles. The molecular weight excluding hydrogens is 402 g/mol. The van der Waals surface area contributed by atoms with Crippen LogP contribution in [-0.4, -0.2) is 19.6 Å². The highest BCUT2D eigenvalue weighted by Crippen LogP contribution is 2.36. The van der Waals surface area contributed by atoms with E-state index in [2.05, 4.69) is 20.2 Å². The van der Waals surface area contributed by atoms with Crippen LogP contribution < -0.4 is 5.56 Å². The first-order valence-electron chi connectivity index (χ1n) is 9.11. The van der Waals surface area contributed by atoms with Gasteiger partial charge in [0.05, 0.1) is 22.1 Å². The highest BCUT2D eigenvalue weighted by molar-refractivity contribution is 6.30. The second kappa shape index (κ2) is 7.13. The summed E-state index contributed by atoms with van der Waals surface area (Å²) in [6, 6.07) is 21.2. The SMILES string of the molecule is O=c1c2ccccc2nc(N=Nc2c(O)[nH]c3ccccc23)n1-c1cccc(Cl)c1. The van der Waals surface area contributed by atoms with Crippen LogP contribution in [0, 0.1) is 0 Å². The van der Waals surface area contributed by atoms with Gasteiger partial charge in [0.2, 0.25) is 5.88 Å². The van der Waals surface area contributed by atoms with Crippen molar-refractivity contribution in [1.82, 2.24) is 14.5 Å². The Kier molecular flexibility index (Phi) is 4.30. The number of nitrogens with zero attached hydrogens (tertiary/aromatic N) is 4. The summed E-state index contributed by atoms with van der Waals surface area (Å²) >= 11 is 6.14. The number of para-hydroxylation sites is 2. The second-order valence-electron chi connectivity index (χ2n) is 6.62. The van der Waals surface area contributed by atoms with Crippen molar-refractivity contribution in [2.75, 3.05) is 0 Å². The van der Waals surface area contributed by atoms with Gasteiger partial charge in [-0.15, -0.1) is 10.2 Å². The Balaban J connectivity index is 1.75. The Hall–Kier alpha value is -3.97. The van der Waals surface area contributed by atoms with Crippen LogP contribution in [0.15, 0.2) is 87.8 Å². The minimum atomic E-state index is -0.292. The second-order valence-corrected chi connectivity index (χ2v) is 7.05. The number of halogens is 1. The number of H-pyrrole nitrogens is 1. The summed E-state index contributed by atoms with van der Waals surface area (Å²) in [6.07, 6.45) is 0. The number of hydrogen-bond acceptors (Lipinski definition) is 5. The molecule has 0 saturated heterocycles. The minimum Gasteiger partial charge on any atom is -0.493 e. The third-order valence-corrected chi connectivity index (χ3v) is 4.96. The van der Waals surface area contributed by atoms with Crippen molar-refractivity contribution in [1.29, 1.82) is 0 Å². The number of aromatic hydroxyl groups is 1. The molecule has 0 radical (unpaired) electrons. The Labute approximate surface area is 174 Å². The maximum Gasteiger partial charge on any atom is 0.267 e. The van der Waals surface area contributed by atoms with Crippen molar-refractivity contribution in [3.63, 3.8) is 0 Å². The minimum absolute atomic E-state index is 0.0747. The summed E-state index contributed by atoms with van der Waals surface area (Å²) in [5, 5.41) is 20.3. The van der Waals surface area contributed by atoms with Crippen LogP contribution in [0.4, 0.5) is 11.6 Å². The summed E-state index contributed by atoms with van der Waals surface area (Å²) < 4.78 is 1.35. The maximum atomic E-state index is 13.2. The first kappa shape index (κ1) is 18.1. The molecule has 5 rings (SSSR count). The lowest BCUT2D eigenvalue weighted by Gasteiger charge is -2.10. The summed E-state index contributed by atoms with van der Waals surface area (Å²) in [5.41, 5.74) is 1.72. The predicted octanol–water partition coefficient (Wildman–Crippen LogP) is 5.64. The van der Waals surface area contributed by atoms with E-state index in [0.29, 0.717) is 27.0 Å². The van der Waals surface area contributed by atoms with E-state index in [9.17, 15) is 9.90 Å². The van der Waals surface area contributed by atoms with E-state index >= 15 is 0 Å². The highest BCUT2D eigenvalue weighted by Gasteiger charge is 2.14. The largest absolute Gasteiger partial charge is 0.493 e. The average Bonchev–Trinajstić information content (AvgIpc) is 3.07. The quantitative estimate of drug-likeness (QED) is 0.373. The summed E-state index contributed by atoms with van der Waals surface area (Å²) in [7, 11) is 0. The average molecular weight is 416 g/mol. The predicted molar refractivity (Wildman–Crippen MR) is 116 cm³/mol. The molecule has 30 heavy (non-hydrogen) atoms. The van der Waals surface area contributed by atoms with Crippen molar-refractivity contribution in [2.45, 2.75) is 0 Å². The molecule has 2 N–H and O–H groups in total. The molecule has 0 spiro atoms. The summed E-state index contributed by atoms with van der Waals surface area (Å²) in [4.78, 5) is 20.6. The zero-order chi connectivity index (χ0) is 20.7. The van der Waals surface area contributed by atoms with E-state index < -0.39 is 0 Å². The van der Waals surface area contributed by atoms with Gasteiger partial charge in [0.25, 0.3) is 11.5 Å². The zero-order valence-electron chi connectivity index (χ0n) is 15.5. The fourth-order valence-corrected chi connectivity index (χ4v) is 3.53. The van der Waals surface area contributed by atoms with E-state index in [0.717, 1.165) is 5.52 Å². The topological polar surface area (TPSA) is 95.6 Å².